The Labute approximate surface area is 115 Å². The highest BCUT2D eigenvalue weighted by Gasteiger charge is 2.31. The minimum Gasteiger partial charge on any atom is -0.497 e. The van der Waals surface area contributed by atoms with Crippen LogP contribution in [-0.2, 0) is 12.7 Å². The van der Waals surface area contributed by atoms with Crippen LogP contribution >= 0.6 is 0 Å². The van der Waals surface area contributed by atoms with Crippen molar-refractivity contribution in [2.45, 2.75) is 12.7 Å². The van der Waals surface area contributed by atoms with Crippen LogP contribution in [0.5, 0.6) is 5.75 Å². The first-order valence-corrected chi connectivity index (χ1v) is 6.03. The molecule has 2 aromatic carbocycles. The highest BCUT2D eigenvalue weighted by atomic mass is 19.4. The van der Waals surface area contributed by atoms with Crippen LogP contribution in [0.3, 0.4) is 0 Å². The zero-order valence-electron chi connectivity index (χ0n) is 10.9. The van der Waals surface area contributed by atoms with Crippen molar-refractivity contribution in [1.29, 1.82) is 0 Å². The van der Waals surface area contributed by atoms with Crippen LogP contribution in [-0.4, -0.2) is 7.11 Å². The van der Waals surface area contributed by atoms with Gasteiger partial charge in [0.1, 0.15) is 5.75 Å². The van der Waals surface area contributed by atoms with Crippen molar-refractivity contribution in [2.24, 2.45) is 0 Å². The molecule has 0 bridgehead atoms. The average molecular weight is 281 g/mol. The second-order valence-electron chi connectivity index (χ2n) is 4.29. The van der Waals surface area contributed by atoms with Crippen molar-refractivity contribution in [3.63, 3.8) is 0 Å². The van der Waals surface area contributed by atoms with Crippen LogP contribution in [0, 0.1) is 0 Å². The molecule has 0 aliphatic heterocycles. The van der Waals surface area contributed by atoms with E-state index in [1.54, 1.807) is 0 Å². The van der Waals surface area contributed by atoms with E-state index in [0.717, 1.165) is 17.7 Å². The SMILES string of the molecule is COc1cc(NCc2ccccc2)cc(C(F)(F)F)c1. The van der Waals surface area contributed by atoms with E-state index in [-0.39, 0.29) is 5.75 Å². The average Bonchev–Trinajstić information content (AvgIpc) is 2.45. The summed E-state index contributed by atoms with van der Waals surface area (Å²) in [4.78, 5) is 0. The third kappa shape index (κ3) is 3.66. The van der Waals surface area contributed by atoms with Gasteiger partial charge in [-0.2, -0.15) is 13.2 Å². The third-order valence-corrected chi connectivity index (χ3v) is 2.81. The predicted octanol–water partition coefficient (Wildman–Crippen LogP) is 4.33. The fourth-order valence-corrected chi connectivity index (χ4v) is 1.78. The molecule has 0 aliphatic carbocycles. The van der Waals surface area contributed by atoms with Crippen molar-refractivity contribution >= 4 is 5.69 Å². The van der Waals surface area contributed by atoms with Gasteiger partial charge in [0, 0.05) is 18.3 Å². The van der Waals surface area contributed by atoms with Crippen LogP contribution < -0.4 is 10.1 Å². The molecule has 0 saturated heterocycles. The number of anilines is 1. The smallest absolute Gasteiger partial charge is 0.416 e. The molecule has 0 atom stereocenters. The number of hydrogen-bond donors (Lipinski definition) is 1. The fourth-order valence-electron chi connectivity index (χ4n) is 1.78. The molecule has 20 heavy (non-hydrogen) atoms. The summed E-state index contributed by atoms with van der Waals surface area (Å²) in [6, 6.07) is 13.0. The molecule has 0 heterocycles. The Morgan fingerprint density at radius 2 is 1.75 bits per heavy atom. The number of nitrogens with one attached hydrogen (secondary N) is 1. The number of halogens is 3. The van der Waals surface area contributed by atoms with Crippen LogP contribution in [0.2, 0.25) is 0 Å². The molecule has 2 aromatic rings. The summed E-state index contributed by atoms with van der Waals surface area (Å²) in [5.41, 5.74) is 0.636. The molecule has 106 valence electrons. The Morgan fingerprint density at radius 3 is 2.35 bits per heavy atom. The lowest BCUT2D eigenvalue weighted by molar-refractivity contribution is -0.137. The van der Waals surface area contributed by atoms with Gasteiger partial charge in [-0.05, 0) is 17.7 Å². The van der Waals surface area contributed by atoms with Crippen molar-refractivity contribution in [3.8, 4) is 5.75 Å². The monoisotopic (exact) mass is 281 g/mol. The Bertz CT molecular complexity index is 567. The van der Waals surface area contributed by atoms with E-state index >= 15 is 0 Å². The van der Waals surface area contributed by atoms with Crippen molar-refractivity contribution in [1.82, 2.24) is 0 Å². The van der Waals surface area contributed by atoms with Gasteiger partial charge in [0.15, 0.2) is 0 Å². The topological polar surface area (TPSA) is 21.3 Å². The minimum atomic E-state index is -4.39. The standard InChI is InChI=1S/C15H14F3NO/c1-20-14-8-12(15(16,17)18)7-13(9-14)19-10-11-5-3-2-4-6-11/h2-9,19H,10H2,1H3. The molecule has 0 saturated carbocycles. The van der Waals surface area contributed by atoms with Crippen molar-refractivity contribution in [3.05, 3.63) is 59.7 Å². The molecule has 2 nitrogen and oxygen atoms in total. The molecule has 0 spiro atoms. The summed E-state index contributed by atoms with van der Waals surface area (Å²) in [6.45, 7) is 0.450. The predicted molar refractivity (Wildman–Crippen MR) is 71.8 cm³/mol. The van der Waals surface area contributed by atoms with E-state index in [4.69, 9.17) is 4.74 Å². The summed E-state index contributed by atoms with van der Waals surface area (Å²) in [5.74, 6) is 0.176. The minimum absolute atomic E-state index is 0.176. The fraction of sp³-hybridized carbons (Fsp3) is 0.200. The molecule has 0 aliphatic rings. The molecule has 1 N–H and O–H groups in total. The summed E-state index contributed by atoms with van der Waals surface area (Å²) in [6.07, 6.45) is -4.39. The summed E-state index contributed by atoms with van der Waals surface area (Å²) in [7, 11) is 1.34. The molecular formula is C15H14F3NO. The molecular weight excluding hydrogens is 267 g/mol. The lowest BCUT2D eigenvalue weighted by Crippen LogP contribution is -2.07. The Morgan fingerprint density at radius 1 is 1.05 bits per heavy atom. The third-order valence-electron chi connectivity index (χ3n) is 2.81. The Balaban J connectivity index is 2.19. The van der Waals surface area contributed by atoms with Crippen LogP contribution in [0.15, 0.2) is 48.5 Å². The number of alkyl halides is 3. The highest BCUT2D eigenvalue weighted by Crippen LogP contribution is 2.34. The maximum atomic E-state index is 12.8. The largest absolute Gasteiger partial charge is 0.497 e. The van der Waals surface area contributed by atoms with E-state index in [9.17, 15) is 13.2 Å². The zero-order chi connectivity index (χ0) is 14.6. The molecule has 2 rings (SSSR count). The van der Waals surface area contributed by atoms with Gasteiger partial charge in [0.05, 0.1) is 12.7 Å². The zero-order valence-corrected chi connectivity index (χ0v) is 10.9. The van der Waals surface area contributed by atoms with E-state index < -0.39 is 11.7 Å². The maximum absolute atomic E-state index is 12.8. The van der Waals surface area contributed by atoms with Crippen LogP contribution in [0.25, 0.3) is 0 Å². The Hall–Kier alpha value is -2.17. The molecule has 0 unspecified atom stereocenters. The number of rotatable bonds is 4. The van der Waals surface area contributed by atoms with E-state index in [1.807, 2.05) is 30.3 Å². The summed E-state index contributed by atoms with van der Waals surface area (Å²) in [5, 5.41) is 2.97. The Kier molecular flexibility index (Phi) is 4.17. The number of hydrogen-bond acceptors (Lipinski definition) is 2. The molecule has 0 radical (unpaired) electrons. The molecule has 0 fully saturated rings. The first-order valence-electron chi connectivity index (χ1n) is 6.03. The van der Waals surface area contributed by atoms with Gasteiger partial charge in [-0.15, -0.1) is 0 Å². The second kappa shape index (κ2) is 5.86. The van der Waals surface area contributed by atoms with Gasteiger partial charge in [0.2, 0.25) is 0 Å². The van der Waals surface area contributed by atoms with Gasteiger partial charge in [-0.3, -0.25) is 0 Å². The molecule has 5 heteroatoms. The quantitative estimate of drug-likeness (QED) is 0.900. The van der Waals surface area contributed by atoms with E-state index in [1.165, 1.54) is 13.2 Å². The summed E-state index contributed by atoms with van der Waals surface area (Å²) >= 11 is 0. The lowest BCUT2D eigenvalue weighted by Gasteiger charge is -2.13. The van der Waals surface area contributed by atoms with Crippen LogP contribution in [0.4, 0.5) is 18.9 Å². The van der Waals surface area contributed by atoms with E-state index in [0.29, 0.717) is 12.2 Å². The maximum Gasteiger partial charge on any atom is 0.416 e. The summed E-state index contributed by atoms with van der Waals surface area (Å²) < 4.78 is 43.2. The lowest BCUT2D eigenvalue weighted by atomic mass is 10.1. The number of methoxy groups -OCH3 is 1. The van der Waals surface area contributed by atoms with Gasteiger partial charge in [0.25, 0.3) is 0 Å². The van der Waals surface area contributed by atoms with Gasteiger partial charge < -0.3 is 10.1 Å². The number of ether oxygens (including phenoxy) is 1. The molecule has 0 amide bonds. The van der Waals surface area contributed by atoms with Crippen molar-refractivity contribution in [2.75, 3.05) is 12.4 Å². The highest BCUT2D eigenvalue weighted by molar-refractivity contribution is 5.52. The van der Waals surface area contributed by atoms with Gasteiger partial charge >= 0.3 is 6.18 Å². The van der Waals surface area contributed by atoms with E-state index in [2.05, 4.69) is 5.32 Å². The van der Waals surface area contributed by atoms with Gasteiger partial charge in [-0.1, -0.05) is 30.3 Å². The first kappa shape index (κ1) is 14.2. The first-order chi connectivity index (χ1) is 9.49. The number of benzene rings is 2. The van der Waals surface area contributed by atoms with Crippen LogP contribution in [0.1, 0.15) is 11.1 Å². The van der Waals surface area contributed by atoms with Gasteiger partial charge in [-0.25, -0.2) is 0 Å². The van der Waals surface area contributed by atoms with Crippen molar-refractivity contribution < 1.29 is 17.9 Å². The molecule has 0 aromatic heterocycles. The normalized spacial score (nSPS) is 11.2. The second-order valence-corrected chi connectivity index (χ2v) is 4.29.